The number of aliphatic imine (C=N–C) groups is 1. The summed E-state index contributed by atoms with van der Waals surface area (Å²) in [4.78, 5) is 16.3. The van der Waals surface area contributed by atoms with Crippen molar-refractivity contribution in [1.29, 1.82) is 0 Å². The van der Waals surface area contributed by atoms with E-state index in [4.69, 9.17) is 4.74 Å². The number of nitro benzene ring substituents is 1. The molecule has 0 saturated heterocycles. The topological polar surface area (TPSA) is 68.0 Å². The Morgan fingerprint density at radius 2 is 2.12 bits per heavy atom. The molecule has 1 aromatic rings. The van der Waals surface area contributed by atoms with Crippen molar-refractivity contribution in [3.05, 3.63) is 27.8 Å². The van der Waals surface area contributed by atoms with Gasteiger partial charge >= 0.3 is 5.69 Å². The molecular weight excluding hydrogens is 222 g/mol. The zero-order valence-corrected chi connectivity index (χ0v) is 10.3. The number of benzene rings is 1. The molecule has 0 aliphatic carbocycles. The summed E-state index contributed by atoms with van der Waals surface area (Å²) in [5.74, 6) is 0.214. The van der Waals surface area contributed by atoms with E-state index in [-0.39, 0.29) is 11.4 Å². The molecule has 17 heavy (non-hydrogen) atoms. The Labute approximate surface area is 99.7 Å². The molecule has 0 saturated carbocycles. The van der Waals surface area contributed by atoms with Crippen LogP contribution < -0.4 is 4.74 Å². The third-order valence-electron chi connectivity index (χ3n) is 2.12. The molecule has 0 spiro atoms. The van der Waals surface area contributed by atoms with Crippen molar-refractivity contribution >= 4 is 17.7 Å². The first-order valence-electron chi connectivity index (χ1n) is 4.99. The lowest BCUT2D eigenvalue weighted by atomic mass is 10.1. The predicted molar refractivity (Wildman–Crippen MR) is 66.2 cm³/mol. The van der Waals surface area contributed by atoms with E-state index < -0.39 is 4.92 Å². The summed E-state index contributed by atoms with van der Waals surface area (Å²) < 4.78 is 4.98. The Hall–Kier alpha value is -2.11. The van der Waals surface area contributed by atoms with Gasteiger partial charge in [-0.15, -0.1) is 0 Å². The maximum atomic E-state index is 10.8. The number of nitro groups is 1. The molecule has 6 nitrogen and oxygen atoms in total. The fourth-order valence-corrected chi connectivity index (χ4v) is 1.29. The number of ether oxygens (including phenoxy) is 1. The SMILES string of the molecule is COc1cc(N=CN(C)C)c(C)cc1[N+](=O)[O-]. The minimum Gasteiger partial charge on any atom is -0.490 e. The highest BCUT2D eigenvalue weighted by Crippen LogP contribution is 2.33. The third-order valence-corrected chi connectivity index (χ3v) is 2.12. The Morgan fingerprint density at radius 3 is 2.59 bits per heavy atom. The molecule has 0 atom stereocenters. The molecule has 0 N–H and O–H groups in total. The zero-order chi connectivity index (χ0) is 13.0. The first-order valence-corrected chi connectivity index (χ1v) is 4.99. The van der Waals surface area contributed by atoms with Crippen LogP contribution in [-0.2, 0) is 0 Å². The first kappa shape index (κ1) is 13.0. The van der Waals surface area contributed by atoms with E-state index in [9.17, 15) is 10.1 Å². The van der Waals surface area contributed by atoms with Gasteiger partial charge in [0.15, 0.2) is 5.75 Å². The van der Waals surface area contributed by atoms with Crippen molar-refractivity contribution < 1.29 is 9.66 Å². The molecule has 0 fully saturated rings. The van der Waals surface area contributed by atoms with E-state index in [1.807, 2.05) is 14.1 Å². The summed E-state index contributed by atoms with van der Waals surface area (Å²) in [6.45, 7) is 1.77. The van der Waals surface area contributed by atoms with E-state index >= 15 is 0 Å². The van der Waals surface area contributed by atoms with E-state index in [0.29, 0.717) is 5.69 Å². The molecule has 0 radical (unpaired) electrons. The van der Waals surface area contributed by atoms with Gasteiger partial charge in [-0.05, 0) is 12.5 Å². The highest BCUT2D eigenvalue weighted by atomic mass is 16.6. The fraction of sp³-hybridized carbons (Fsp3) is 0.364. The highest BCUT2D eigenvalue weighted by molar-refractivity contribution is 5.66. The lowest BCUT2D eigenvalue weighted by molar-refractivity contribution is -0.385. The third kappa shape index (κ3) is 3.17. The fourth-order valence-electron chi connectivity index (χ4n) is 1.29. The second-order valence-corrected chi connectivity index (χ2v) is 3.78. The Morgan fingerprint density at radius 1 is 1.47 bits per heavy atom. The molecule has 0 aromatic heterocycles. The number of aryl methyl sites for hydroxylation is 1. The van der Waals surface area contributed by atoms with E-state index in [0.717, 1.165) is 5.56 Å². The molecule has 0 unspecified atom stereocenters. The summed E-state index contributed by atoms with van der Waals surface area (Å²) in [6.07, 6.45) is 1.63. The molecule has 1 rings (SSSR count). The van der Waals surface area contributed by atoms with Gasteiger partial charge in [-0.1, -0.05) is 0 Å². The molecule has 1 aromatic carbocycles. The molecule has 0 bridgehead atoms. The van der Waals surface area contributed by atoms with Crippen molar-refractivity contribution in [3.63, 3.8) is 0 Å². The van der Waals surface area contributed by atoms with Crippen molar-refractivity contribution in [2.24, 2.45) is 4.99 Å². The van der Waals surface area contributed by atoms with Crippen molar-refractivity contribution in [2.75, 3.05) is 21.2 Å². The van der Waals surface area contributed by atoms with Crippen molar-refractivity contribution in [3.8, 4) is 5.75 Å². The van der Waals surface area contributed by atoms with Gasteiger partial charge in [0.25, 0.3) is 0 Å². The maximum Gasteiger partial charge on any atom is 0.311 e. The lowest BCUT2D eigenvalue weighted by Gasteiger charge is -2.07. The van der Waals surface area contributed by atoms with Gasteiger partial charge in [0.05, 0.1) is 24.1 Å². The van der Waals surface area contributed by atoms with Crippen LogP contribution in [0.5, 0.6) is 5.75 Å². The van der Waals surface area contributed by atoms with Gasteiger partial charge in [0.2, 0.25) is 0 Å². The van der Waals surface area contributed by atoms with Gasteiger partial charge in [-0.2, -0.15) is 0 Å². The Bertz CT molecular complexity index is 456. The van der Waals surface area contributed by atoms with Crippen LogP contribution in [0.3, 0.4) is 0 Å². The average molecular weight is 237 g/mol. The summed E-state index contributed by atoms with van der Waals surface area (Å²) in [6, 6.07) is 3.02. The van der Waals surface area contributed by atoms with Gasteiger partial charge in [-0.25, -0.2) is 4.99 Å². The molecular formula is C11H15N3O3. The summed E-state index contributed by atoms with van der Waals surface area (Å²) >= 11 is 0. The normalized spacial score (nSPS) is 10.6. The number of methoxy groups -OCH3 is 1. The van der Waals surface area contributed by atoms with E-state index in [1.54, 1.807) is 24.2 Å². The molecule has 0 aliphatic rings. The van der Waals surface area contributed by atoms with Crippen LogP contribution in [0.2, 0.25) is 0 Å². The van der Waals surface area contributed by atoms with Gasteiger partial charge in [0.1, 0.15) is 0 Å². The van der Waals surface area contributed by atoms with E-state index in [1.165, 1.54) is 13.2 Å². The number of nitrogens with zero attached hydrogens (tertiary/aromatic N) is 3. The van der Waals surface area contributed by atoms with Crippen molar-refractivity contribution in [2.45, 2.75) is 6.92 Å². The van der Waals surface area contributed by atoms with Gasteiger partial charge in [0, 0.05) is 26.2 Å². The van der Waals surface area contributed by atoms with Crippen LogP contribution in [0, 0.1) is 17.0 Å². The summed E-state index contributed by atoms with van der Waals surface area (Å²) in [7, 11) is 5.10. The van der Waals surface area contributed by atoms with Crippen molar-refractivity contribution in [1.82, 2.24) is 4.90 Å². The lowest BCUT2D eigenvalue weighted by Crippen LogP contribution is -2.07. The summed E-state index contributed by atoms with van der Waals surface area (Å²) in [5.41, 5.74) is 1.34. The predicted octanol–water partition coefficient (Wildman–Crippen LogP) is 2.13. The molecule has 0 amide bonds. The number of hydrogen-bond acceptors (Lipinski definition) is 4. The minimum atomic E-state index is -0.467. The zero-order valence-electron chi connectivity index (χ0n) is 10.3. The van der Waals surface area contributed by atoms with Gasteiger partial charge in [-0.3, -0.25) is 10.1 Å². The maximum absolute atomic E-state index is 10.8. The minimum absolute atomic E-state index is 0.0474. The molecule has 0 aliphatic heterocycles. The van der Waals surface area contributed by atoms with Crippen LogP contribution in [0.1, 0.15) is 5.56 Å². The average Bonchev–Trinajstić information content (AvgIpc) is 2.26. The first-order chi connectivity index (χ1) is 7.95. The Kier molecular flexibility index (Phi) is 4.03. The van der Waals surface area contributed by atoms with E-state index in [2.05, 4.69) is 4.99 Å². The second kappa shape index (κ2) is 5.29. The Balaban J connectivity index is 3.22. The van der Waals surface area contributed by atoms with Gasteiger partial charge < -0.3 is 9.64 Å². The van der Waals surface area contributed by atoms with Crippen LogP contribution in [0.15, 0.2) is 17.1 Å². The largest absolute Gasteiger partial charge is 0.490 e. The van der Waals surface area contributed by atoms with Crippen LogP contribution in [0.25, 0.3) is 0 Å². The highest BCUT2D eigenvalue weighted by Gasteiger charge is 2.16. The number of hydrogen-bond donors (Lipinski definition) is 0. The summed E-state index contributed by atoms with van der Waals surface area (Å²) in [5, 5.41) is 10.8. The van der Waals surface area contributed by atoms with Crippen LogP contribution in [0.4, 0.5) is 11.4 Å². The van der Waals surface area contributed by atoms with Crippen LogP contribution >= 0.6 is 0 Å². The molecule has 92 valence electrons. The molecule has 0 heterocycles. The van der Waals surface area contributed by atoms with Crippen LogP contribution in [-0.4, -0.2) is 37.4 Å². The second-order valence-electron chi connectivity index (χ2n) is 3.78. The standard InChI is InChI=1S/C11H15N3O3/c1-8-5-10(14(15)16)11(17-4)6-9(8)12-7-13(2)3/h5-7H,1-4H3. The number of rotatable bonds is 4. The monoisotopic (exact) mass is 237 g/mol. The quantitative estimate of drug-likeness (QED) is 0.348. The smallest absolute Gasteiger partial charge is 0.311 e. The molecule has 6 heteroatoms.